The predicted octanol–water partition coefficient (Wildman–Crippen LogP) is 4.00. The number of benzene rings is 2. The molecule has 20 heavy (non-hydrogen) atoms. The molecule has 0 saturated carbocycles. The van der Waals surface area contributed by atoms with Crippen molar-refractivity contribution in [3.8, 4) is 0 Å². The Balaban J connectivity index is 2.07. The first-order valence-electron chi connectivity index (χ1n) is 7.46. The highest BCUT2D eigenvalue weighted by Crippen LogP contribution is 2.38. The first kappa shape index (κ1) is 13.4. The van der Waals surface area contributed by atoms with Crippen LogP contribution >= 0.6 is 0 Å². The highest BCUT2D eigenvalue weighted by atomic mass is 15.1. The monoisotopic (exact) mass is 265 g/mol. The van der Waals surface area contributed by atoms with Crippen LogP contribution < -0.4 is 0 Å². The molecule has 104 valence electrons. The van der Waals surface area contributed by atoms with Crippen molar-refractivity contribution in [1.29, 1.82) is 0 Å². The first-order chi connectivity index (χ1) is 9.66. The highest BCUT2D eigenvalue weighted by Gasteiger charge is 2.29. The molecule has 0 bridgehead atoms. The Morgan fingerprint density at radius 3 is 2.25 bits per heavy atom. The molecule has 2 aromatic carbocycles. The fraction of sp³-hybridized carbons (Fsp3) is 0.368. The van der Waals surface area contributed by atoms with Gasteiger partial charge in [0, 0.05) is 12.0 Å². The van der Waals surface area contributed by atoms with Crippen LogP contribution in [0.3, 0.4) is 0 Å². The largest absolute Gasteiger partial charge is 0.306 e. The van der Waals surface area contributed by atoms with Crippen molar-refractivity contribution in [2.45, 2.75) is 31.7 Å². The molecule has 3 rings (SSSR count). The SMILES string of the molecule is Cc1ccccc1[C@H]1C[C@H](N(C)C)Cc2ccccc21. The Morgan fingerprint density at radius 2 is 1.55 bits per heavy atom. The topological polar surface area (TPSA) is 3.24 Å². The zero-order chi connectivity index (χ0) is 14.1. The maximum absolute atomic E-state index is 2.38. The Labute approximate surface area is 122 Å². The van der Waals surface area contributed by atoms with Gasteiger partial charge in [0.05, 0.1) is 0 Å². The maximum atomic E-state index is 2.38. The number of fused-ring (bicyclic) bond motifs is 1. The number of aryl methyl sites for hydroxylation is 1. The molecule has 0 heterocycles. The van der Waals surface area contributed by atoms with Crippen molar-refractivity contribution < 1.29 is 0 Å². The van der Waals surface area contributed by atoms with Crippen molar-refractivity contribution in [2.75, 3.05) is 14.1 Å². The van der Waals surface area contributed by atoms with Crippen LogP contribution in [0.5, 0.6) is 0 Å². The summed E-state index contributed by atoms with van der Waals surface area (Å²) >= 11 is 0. The minimum atomic E-state index is 0.536. The molecule has 1 nitrogen and oxygen atoms in total. The maximum Gasteiger partial charge on any atom is 0.0139 e. The van der Waals surface area contributed by atoms with Gasteiger partial charge in [-0.1, -0.05) is 48.5 Å². The summed E-state index contributed by atoms with van der Waals surface area (Å²) in [6.45, 7) is 2.23. The zero-order valence-corrected chi connectivity index (χ0v) is 12.6. The Kier molecular flexibility index (Phi) is 3.62. The van der Waals surface area contributed by atoms with Gasteiger partial charge in [-0.05, 0) is 56.1 Å². The third kappa shape index (κ3) is 2.38. The summed E-state index contributed by atoms with van der Waals surface area (Å²) in [6, 6.07) is 18.4. The van der Waals surface area contributed by atoms with E-state index in [4.69, 9.17) is 0 Å². The average molecular weight is 265 g/mol. The molecule has 0 aliphatic heterocycles. The summed E-state index contributed by atoms with van der Waals surface area (Å²) in [6.07, 6.45) is 2.39. The summed E-state index contributed by atoms with van der Waals surface area (Å²) < 4.78 is 0. The van der Waals surface area contributed by atoms with Gasteiger partial charge in [-0.25, -0.2) is 0 Å². The molecule has 1 aliphatic rings. The number of hydrogen-bond donors (Lipinski definition) is 0. The van der Waals surface area contributed by atoms with E-state index in [9.17, 15) is 0 Å². The fourth-order valence-electron chi connectivity index (χ4n) is 3.46. The average Bonchev–Trinajstić information content (AvgIpc) is 2.46. The van der Waals surface area contributed by atoms with Crippen molar-refractivity contribution in [2.24, 2.45) is 0 Å². The summed E-state index contributed by atoms with van der Waals surface area (Å²) in [5.41, 5.74) is 5.95. The normalized spacial score (nSPS) is 21.8. The van der Waals surface area contributed by atoms with Crippen molar-refractivity contribution >= 4 is 0 Å². The summed E-state index contributed by atoms with van der Waals surface area (Å²) in [5, 5.41) is 0. The predicted molar refractivity (Wildman–Crippen MR) is 85.3 cm³/mol. The van der Waals surface area contributed by atoms with E-state index in [2.05, 4.69) is 74.4 Å². The third-order valence-corrected chi connectivity index (χ3v) is 4.69. The minimum absolute atomic E-state index is 0.536. The van der Waals surface area contributed by atoms with Crippen LogP contribution in [-0.4, -0.2) is 25.0 Å². The number of nitrogens with zero attached hydrogens (tertiary/aromatic N) is 1. The van der Waals surface area contributed by atoms with Gasteiger partial charge in [0.2, 0.25) is 0 Å². The lowest BCUT2D eigenvalue weighted by Crippen LogP contribution is -2.35. The van der Waals surface area contributed by atoms with E-state index in [0.717, 1.165) is 0 Å². The van der Waals surface area contributed by atoms with Crippen LogP contribution in [0.15, 0.2) is 48.5 Å². The van der Waals surface area contributed by atoms with Gasteiger partial charge in [-0.15, -0.1) is 0 Å². The van der Waals surface area contributed by atoms with Crippen molar-refractivity contribution in [1.82, 2.24) is 4.90 Å². The van der Waals surface area contributed by atoms with Gasteiger partial charge >= 0.3 is 0 Å². The van der Waals surface area contributed by atoms with Crippen LogP contribution in [0.1, 0.15) is 34.6 Å². The summed E-state index contributed by atoms with van der Waals surface area (Å²) in [5.74, 6) is 0.536. The molecule has 0 radical (unpaired) electrons. The summed E-state index contributed by atoms with van der Waals surface area (Å²) in [7, 11) is 4.40. The van der Waals surface area contributed by atoms with E-state index in [0.29, 0.717) is 12.0 Å². The lowest BCUT2D eigenvalue weighted by molar-refractivity contribution is 0.258. The lowest BCUT2D eigenvalue weighted by Gasteiger charge is -2.36. The van der Waals surface area contributed by atoms with Crippen LogP contribution in [0, 0.1) is 6.92 Å². The smallest absolute Gasteiger partial charge is 0.0139 e. The molecule has 1 heteroatoms. The van der Waals surface area contributed by atoms with Gasteiger partial charge < -0.3 is 4.90 Å². The van der Waals surface area contributed by atoms with Crippen LogP contribution in [-0.2, 0) is 6.42 Å². The van der Waals surface area contributed by atoms with E-state index in [1.54, 1.807) is 0 Å². The lowest BCUT2D eigenvalue weighted by atomic mass is 9.75. The van der Waals surface area contributed by atoms with E-state index in [-0.39, 0.29) is 0 Å². The zero-order valence-electron chi connectivity index (χ0n) is 12.6. The van der Waals surface area contributed by atoms with E-state index < -0.39 is 0 Å². The molecular formula is C19H23N. The Bertz CT molecular complexity index is 600. The van der Waals surface area contributed by atoms with Crippen LogP contribution in [0.25, 0.3) is 0 Å². The van der Waals surface area contributed by atoms with Crippen molar-refractivity contribution in [3.05, 3.63) is 70.8 Å². The minimum Gasteiger partial charge on any atom is -0.306 e. The van der Waals surface area contributed by atoms with Crippen molar-refractivity contribution in [3.63, 3.8) is 0 Å². The standard InChI is InChI=1S/C19H23N/c1-14-8-4-6-10-17(14)19-13-16(20(2)3)12-15-9-5-7-11-18(15)19/h4-11,16,19H,12-13H2,1-3H3/t16-,19-/m1/s1. The molecule has 0 unspecified atom stereocenters. The van der Waals surface area contributed by atoms with Crippen LogP contribution in [0.4, 0.5) is 0 Å². The molecule has 0 fully saturated rings. The van der Waals surface area contributed by atoms with Gasteiger partial charge in [0.15, 0.2) is 0 Å². The van der Waals surface area contributed by atoms with E-state index in [1.807, 2.05) is 0 Å². The molecule has 0 amide bonds. The van der Waals surface area contributed by atoms with Gasteiger partial charge in [0.1, 0.15) is 0 Å². The number of rotatable bonds is 2. The molecule has 0 saturated heterocycles. The second-order valence-corrected chi connectivity index (χ2v) is 6.17. The van der Waals surface area contributed by atoms with Gasteiger partial charge in [-0.3, -0.25) is 0 Å². The van der Waals surface area contributed by atoms with Gasteiger partial charge in [-0.2, -0.15) is 0 Å². The second kappa shape index (κ2) is 5.41. The highest BCUT2D eigenvalue weighted by molar-refractivity contribution is 5.43. The molecule has 2 aromatic rings. The third-order valence-electron chi connectivity index (χ3n) is 4.69. The number of hydrogen-bond acceptors (Lipinski definition) is 1. The molecule has 1 aliphatic carbocycles. The summed E-state index contributed by atoms with van der Waals surface area (Å²) in [4.78, 5) is 2.38. The number of likely N-dealkylation sites (N-methyl/N-ethyl adjacent to an activating group) is 1. The molecule has 2 atom stereocenters. The molecule has 0 aromatic heterocycles. The Hall–Kier alpha value is -1.60. The second-order valence-electron chi connectivity index (χ2n) is 6.17. The Morgan fingerprint density at radius 1 is 0.900 bits per heavy atom. The quantitative estimate of drug-likeness (QED) is 0.793. The fourth-order valence-corrected chi connectivity index (χ4v) is 3.46. The molecular weight excluding hydrogens is 242 g/mol. The first-order valence-corrected chi connectivity index (χ1v) is 7.46. The van der Waals surface area contributed by atoms with Crippen LogP contribution in [0.2, 0.25) is 0 Å². The van der Waals surface area contributed by atoms with E-state index >= 15 is 0 Å². The van der Waals surface area contributed by atoms with E-state index in [1.165, 1.54) is 35.1 Å². The van der Waals surface area contributed by atoms with Gasteiger partial charge in [0.25, 0.3) is 0 Å². The molecule has 0 spiro atoms. The molecule has 0 N–H and O–H groups in total.